The van der Waals surface area contributed by atoms with Crippen molar-refractivity contribution in [2.45, 2.75) is 31.5 Å². The Hall–Kier alpha value is -0.160. The zero-order chi connectivity index (χ0) is 11.7. The fourth-order valence-electron chi connectivity index (χ4n) is 1.50. The van der Waals surface area contributed by atoms with E-state index in [1.165, 1.54) is 0 Å². The molecule has 0 aliphatic carbocycles. The molecular formula is C11H26N3O. The van der Waals surface area contributed by atoms with Crippen LogP contribution in [-0.2, 0) is 4.74 Å². The Morgan fingerprint density at radius 3 is 2.27 bits per heavy atom. The van der Waals surface area contributed by atoms with Crippen molar-refractivity contribution in [3.8, 4) is 0 Å². The lowest BCUT2D eigenvalue weighted by atomic mass is 10.00. The van der Waals surface area contributed by atoms with Gasteiger partial charge in [0.1, 0.15) is 0 Å². The summed E-state index contributed by atoms with van der Waals surface area (Å²) in [6.07, 6.45) is 2.02. The second-order valence-electron chi connectivity index (χ2n) is 3.92. The molecule has 15 heavy (non-hydrogen) atoms. The van der Waals surface area contributed by atoms with Crippen molar-refractivity contribution in [1.29, 1.82) is 0 Å². The SMILES string of the molecule is [CH2]COCCC(CC(C)(NC)NC)NC. The van der Waals surface area contributed by atoms with Crippen LogP contribution in [0.15, 0.2) is 0 Å². The highest BCUT2D eigenvalue weighted by atomic mass is 16.5. The molecule has 0 aromatic heterocycles. The van der Waals surface area contributed by atoms with Crippen LogP contribution in [0.1, 0.15) is 19.8 Å². The van der Waals surface area contributed by atoms with Crippen molar-refractivity contribution in [2.75, 3.05) is 34.4 Å². The van der Waals surface area contributed by atoms with Crippen molar-refractivity contribution in [1.82, 2.24) is 16.0 Å². The molecule has 1 radical (unpaired) electrons. The summed E-state index contributed by atoms with van der Waals surface area (Å²) in [5, 5.41) is 9.86. The van der Waals surface area contributed by atoms with Gasteiger partial charge in [-0.2, -0.15) is 0 Å². The molecule has 1 atom stereocenters. The first-order valence-corrected chi connectivity index (χ1v) is 5.54. The lowest BCUT2D eigenvalue weighted by Crippen LogP contribution is -2.54. The Balaban J connectivity index is 3.95. The summed E-state index contributed by atoms with van der Waals surface area (Å²) in [7, 11) is 5.92. The highest BCUT2D eigenvalue weighted by Crippen LogP contribution is 2.10. The van der Waals surface area contributed by atoms with Crippen LogP contribution in [0.25, 0.3) is 0 Å². The summed E-state index contributed by atoms with van der Waals surface area (Å²) in [5.41, 5.74) is -0.0296. The van der Waals surface area contributed by atoms with Gasteiger partial charge in [-0.3, -0.25) is 0 Å². The predicted octanol–water partition coefficient (Wildman–Crippen LogP) is 0.360. The van der Waals surface area contributed by atoms with Crippen LogP contribution in [0.3, 0.4) is 0 Å². The van der Waals surface area contributed by atoms with Gasteiger partial charge in [-0.25, -0.2) is 0 Å². The van der Waals surface area contributed by atoms with Crippen molar-refractivity contribution >= 4 is 0 Å². The zero-order valence-corrected chi connectivity index (χ0v) is 10.5. The minimum atomic E-state index is -0.0296. The summed E-state index contributed by atoms with van der Waals surface area (Å²) >= 11 is 0. The molecule has 0 bridgehead atoms. The topological polar surface area (TPSA) is 45.3 Å². The van der Waals surface area contributed by atoms with E-state index < -0.39 is 0 Å². The molecule has 1 unspecified atom stereocenters. The van der Waals surface area contributed by atoms with Gasteiger partial charge >= 0.3 is 0 Å². The fraction of sp³-hybridized carbons (Fsp3) is 0.909. The predicted molar refractivity (Wildman–Crippen MR) is 64.8 cm³/mol. The summed E-state index contributed by atoms with van der Waals surface area (Å²) in [4.78, 5) is 0. The fourth-order valence-corrected chi connectivity index (χ4v) is 1.50. The summed E-state index contributed by atoms with van der Waals surface area (Å²) in [6.45, 7) is 7.11. The molecule has 4 nitrogen and oxygen atoms in total. The number of rotatable bonds is 9. The van der Waals surface area contributed by atoms with Gasteiger partial charge in [-0.15, -0.1) is 0 Å². The van der Waals surface area contributed by atoms with Crippen LogP contribution >= 0.6 is 0 Å². The standard InChI is InChI=1S/C11H26N3O/c1-6-15-8-7-10(12-3)9-11(2,13-4)14-5/h10,12-14H,1,6-9H2,2-5H3. The van der Waals surface area contributed by atoms with Crippen LogP contribution in [0.4, 0.5) is 0 Å². The first-order chi connectivity index (χ1) is 7.11. The van der Waals surface area contributed by atoms with E-state index in [-0.39, 0.29) is 5.66 Å². The molecular weight excluding hydrogens is 190 g/mol. The third-order valence-electron chi connectivity index (χ3n) is 2.92. The first kappa shape index (κ1) is 14.8. The van der Waals surface area contributed by atoms with Crippen molar-refractivity contribution < 1.29 is 4.74 Å². The van der Waals surface area contributed by atoms with Crippen LogP contribution in [0.5, 0.6) is 0 Å². The second kappa shape index (κ2) is 8.05. The number of hydrogen-bond acceptors (Lipinski definition) is 4. The number of hydrogen-bond donors (Lipinski definition) is 3. The molecule has 0 fully saturated rings. The smallest absolute Gasteiger partial charge is 0.0668 e. The summed E-state index contributed by atoms with van der Waals surface area (Å²) < 4.78 is 5.26. The van der Waals surface area contributed by atoms with Gasteiger partial charge in [0.05, 0.1) is 5.66 Å². The van der Waals surface area contributed by atoms with Crippen LogP contribution in [0.2, 0.25) is 0 Å². The average Bonchev–Trinajstić information content (AvgIpc) is 2.27. The molecule has 0 rings (SSSR count). The van der Waals surface area contributed by atoms with E-state index in [1.807, 2.05) is 21.1 Å². The molecule has 0 heterocycles. The van der Waals surface area contributed by atoms with Gasteiger partial charge in [0, 0.05) is 19.3 Å². The average molecular weight is 216 g/mol. The molecule has 0 saturated carbocycles. The molecule has 3 N–H and O–H groups in total. The molecule has 0 saturated heterocycles. The quantitative estimate of drug-likeness (QED) is 0.385. The van der Waals surface area contributed by atoms with E-state index in [4.69, 9.17) is 4.74 Å². The van der Waals surface area contributed by atoms with E-state index in [1.54, 1.807) is 0 Å². The Morgan fingerprint density at radius 2 is 1.87 bits per heavy atom. The van der Waals surface area contributed by atoms with Gasteiger partial charge in [0.25, 0.3) is 0 Å². The maximum absolute atomic E-state index is 5.26. The molecule has 4 heteroatoms. The van der Waals surface area contributed by atoms with E-state index in [2.05, 4.69) is 29.8 Å². The molecule has 0 amide bonds. The maximum Gasteiger partial charge on any atom is 0.0668 e. The molecule has 0 aromatic rings. The largest absolute Gasteiger partial charge is 0.381 e. The Morgan fingerprint density at radius 1 is 1.27 bits per heavy atom. The number of nitrogens with one attached hydrogen (secondary N) is 3. The Kier molecular flexibility index (Phi) is 7.96. The lowest BCUT2D eigenvalue weighted by Gasteiger charge is -2.33. The first-order valence-electron chi connectivity index (χ1n) is 5.54. The molecule has 91 valence electrons. The highest BCUT2D eigenvalue weighted by molar-refractivity contribution is 4.83. The molecule has 0 aromatic carbocycles. The van der Waals surface area contributed by atoms with Gasteiger partial charge in [-0.05, 0) is 47.8 Å². The summed E-state index contributed by atoms with van der Waals surface area (Å²) in [6, 6.07) is 0.446. The summed E-state index contributed by atoms with van der Waals surface area (Å²) in [5.74, 6) is 0. The van der Waals surface area contributed by atoms with Crippen LogP contribution in [0, 0.1) is 6.92 Å². The van der Waals surface area contributed by atoms with Crippen molar-refractivity contribution in [3.05, 3.63) is 6.92 Å². The minimum Gasteiger partial charge on any atom is -0.381 e. The molecule has 0 spiro atoms. The van der Waals surface area contributed by atoms with Crippen LogP contribution in [-0.4, -0.2) is 46.1 Å². The maximum atomic E-state index is 5.26. The highest BCUT2D eigenvalue weighted by Gasteiger charge is 2.23. The Bertz CT molecular complexity index is 149. The second-order valence-corrected chi connectivity index (χ2v) is 3.92. The Labute approximate surface area is 94.2 Å². The van der Waals surface area contributed by atoms with Gasteiger partial charge in [-0.1, -0.05) is 0 Å². The van der Waals surface area contributed by atoms with Crippen molar-refractivity contribution in [2.24, 2.45) is 0 Å². The third-order valence-corrected chi connectivity index (χ3v) is 2.92. The lowest BCUT2D eigenvalue weighted by molar-refractivity contribution is 0.141. The molecule has 0 aliphatic heterocycles. The third kappa shape index (κ3) is 6.10. The monoisotopic (exact) mass is 216 g/mol. The number of ether oxygens (including phenoxy) is 1. The normalized spacial score (nSPS) is 14.2. The van der Waals surface area contributed by atoms with E-state index >= 15 is 0 Å². The van der Waals surface area contributed by atoms with E-state index in [0.717, 1.165) is 19.4 Å². The minimum absolute atomic E-state index is 0.0296. The van der Waals surface area contributed by atoms with Crippen LogP contribution < -0.4 is 16.0 Å². The molecule has 0 aliphatic rings. The van der Waals surface area contributed by atoms with Gasteiger partial charge in [0.15, 0.2) is 0 Å². The van der Waals surface area contributed by atoms with Gasteiger partial charge < -0.3 is 20.7 Å². The van der Waals surface area contributed by atoms with E-state index in [9.17, 15) is 0 Å². The zero-order valence-electron chi connectivity index (χ0n) is 10.5. The van der Waals surface area contributed by atoms with E-state index in [0.29, 0.717) is 12.6 Å². The van der Waals surface area contributed by atoms with Crippen molar-refractivity contribution in [3.63, 3.8) is 0 Å². The van der Waals surface area contributed by atoms with Gasteiger partial charge in [0.2, 0.25) is 0 Å².